The van der Waals surface area contributed by atoms with Gasteiger partial charge in [-0.25, -0.2) is 4.98 Å². The van der Waals surface area contributed by atoms with Gasteiger partial charge >= 0.3 is 0 Å². The number of nitrogens with zero attached hydrogens (tertiary/aromatic N) is 1. The number of carbonyl (C=O) groups excluding carboxylic acids is 1. The maximum Gasteiger partial charge on any atom is 0.256 e. The largest absolute Gasteiger partial charge is 0.478 e. The van der Waals surface area contributed by atoms with E-state index in [1.807, 2.05) is 6.92 Å². The number of carbonyl (C=O) groups is 1. The highest BCUT2D eigenvalue weighted by Crippen LogP contribution is 2.22. The van der Waals surface area contributed by atoms with Crippen LogP contribution in [0.15, 0.2) is 18.3 Å². The Morgan fingerprint density at radius 3 is 2.60 bits per heavy atom. The maximum atomic E-state index is 12.3. The Morgan fingerprint density at radius 1 is 1.45 bits per heavy atom. The van der Waals surface area contributed by atoms with Crippen LogP contribution < -0.4 is 10.1 Å². The lowest BCUT2D eigenvalue weighted by Crippen LogP contribution is -2.43. The topological polar surface area (TPSA) is 60.5 Å². The molecule has 1 amide bonds. The zero-order chi connectivity index (χ0) is 15.2. The SMILES string of the molecule is CCOc1ccc(NC(=O)[C@@](C)(CC(C)C)OC)cn1. The molecule has 0 saturated carbocycles. The second kappa shape index (κ2) is 7.24. The fourth-order valence-electron chi connectivity index (χ4n) is 2.00. The molecule has 1 aromatic rings. The Hall–Kier alpha value is -1.62. The van der Waals surface area contributed by atoms with Crippen molar-refractivity contribution in [1.82, 2.24) is 4.98 Å². The molecule has 0 spiro atoms. The number of anilines is 1. The lowest BCUT2D eigenvalue weighted by Gasteiger charge is -2.28. The van der Waals surface area contributed by atoms with Gasteiger partial charge in [0.15, 0.2) is 0 Å². The van der Waals surface area contributed by atoms with E-state index < -0.39 is 5.60 Å². The minimum atomic E-state index is -0.841. The molecule has 0 aliphatic rings. The van der Waals surface area contributed by atoms with Gasteiger partial charge in [0.2, 0.25) is 5.88 Å². The number of pyridine rings is 1. The highest BCUT2D eigenvalue weighted by atomic mass is 16.5. The average Bonchev–Trinajstić information content (AvgIpc) is 2.40. The molecule has 112 valence electrons. The summed E-state index contributed by atoms with van der Waals surface area (Å²) in [6.45, 7) is 8.37. The number of nitrogens with one attached hydrogen (secondary N) is 1. The molecule has 0 fully saturated rings. The molecule has 1 heterocycles. The van der Waals surface area contributed by atoms with E-state index in [0.717, 1.165) is 0 Å². The molecule has 0 radical (unpaired) electrons. The molecule has 20 heavy (non-hydrogen) atoms. The normalized spacial score (nSPS) is 13.9. The minimum Gasteiger partial charge on any atom is -0.478 e. The Balaban J connectivity index is 2.73. The van der Waals surface area contributed by atoms with Crippen LogP contribution in [0.2, 0.25) is 0 Å². The van der Waals surface area contributed by atoms with Crippen LogP contribution in [0.4, 0.5) is 5.69 Å². The molecule has 1 N–H and O–H groups in total. The van der Waals surface area contributed by atoms with Crippen LogP contribution in [0.25, 0.3) is 0 Å². The first-order valence-electron chi connectivity index (χ1n) is 6.86. The minimum absolute atomic E-state index is 0.167. The summed E-state index contributed by atoms with van der Waals surface area (Å²) in [6.07, 6.45) is 2.23. The smallest absolute Gasteiger partial charge is 0.256 e. The van der Waals surface area contributed by atoms with Crippen LogP contribution in [0.1, 0.15) is 34.1 Å². The van der Waals surface area contributed by atoms with Crippen LogP contribution in [-0.2, 0) is 9.53 Å². The van der Waals surface area contributed by atoms with Crippen molar-refractivity contribution in [2.45, 2.75) is 39.7 Å². The second-order valence-corrected chi connectivity index (χ2v) is 5.31. The van der Waals surface area contributed by atoms with Gasteiger partial charge in [0, 0.05) is 13.2 Å². The van der Waals surface area contributed by atoms with E-state index in [1.54, 1.807) is 32.4 Å². The van der Waals surface area contributed by atoms with Gasteiger partial charge in [0.25, 0.3) is 5.91 Å². The van der Waals surface area contributed by atoms with Crippen molar-refractivity contribution in [3.8, 4) is 5.88 Å². The lowest BCUT2D eigenvalue weighted by molar-refractivity contribution is -0.137. The molecule has 0 aliphatic carbocycles. The quantitative estimate of drug-likeness (QED) is 0.834. The molecular weight excluding hydrogens is 256 g/mol. The van der Waals surface area contributed by atoms with Gasteiger partial charge in [-0.05, 0) is 32.3 Å². The van der Waals surface area contributed by atoms with Gasteiger partial charge in [-0.3, -0.25) is 4.79 Å². The molecule has 1 rings (SSSR count). The first-order chi connectivity index (χ1) is 9.41. The van der Waals surface area contributed by atoms with E-state index in [4.69, 9.17) is 9.47 Å². The van der Waals surface area contributed by atoms with Gasteiger partial charge in [0.1, 0.15) is 5.60 Å². The molecule has 0 aliphatic heterocycles. The summed E-state index contributed by atoms with van der Waals surface area (Å²) in [4.78, 5) is 16.4. The fraction of sp³-hybridized carbons (Fsp3) is 0.600. The van der Waals surface area contributed by atoms with Crippen molar-refractivity contribution in [2.75, 3.05) is 19.0 Å². The predicted octanol–water partition coefficient (Wildman–Crippen LogP) is 2.87. The summed E-state index contributed by atoms with van der Waals surface area (Å²) in [5, 5.41) is 2.83. The first kappa shape index (κ1) is 16.4. The van der Waals surface area contributed by atoms with E-state index in [-0.39, 0.29) is 5.91 Å². The Labute approximate surface area is 120 Å². The van der Waals surface area contributed by atoms with Crippen LogP contribution >= 0.6 is 0 Å². The first-order valence-corrected chi connectivity index (χ1v) is 6.86. The summed E-state index contributed by atoms with van der Waals surface area (Å²) in [7, 11) is 1.55. The standard InChI is InChI=1S/C15H24N2O3/c1-6-20-13-8-7-12(10-16-13)17-14(18)15(4,19-5)9-11(2)3/h7-8,10-11H,6,9H2,1-5H3,(H,17,18)/t15-/m1/s1. The second-order valence-electron chi connectivity index (χ2n) is 5.31. The Kier molecular flexibility index (Phi) is 5.95. The van der Waals surface area contributed by atoms with E-state index in [9.17, 15) is 4.79 Å². The highest BCUT2D eigenvalue weighted by Gasteiger charge is 2.33. The molecule has 0 unspecified atom stereocenters. The molecule has 1 atom stereocenters. The molecule has 0 aromatic carbocycles. The van der Waals surface area contributed by atoms with Crippen molar-refractivity contribution in [2.24, 2.45) is 5.92 Å². The molecule has 0 saturated heterocycles. The van der Waals surface area contributed by atoms with E-state index in [1.165, 1.54) is 0 Å². The summed E-state index contributed by atoms with van der Waals surface area (Å²) in [6, 6.07) is 3.49. The zero-order valence-electron chi connectivity index (χ0n) is 12.9. The van der Waals surface area contributed by atoms with Crippen molar-refractivity contribution >= 4 is 11.6 Å². The third kappa shape index (κ3) is 4.49. The number of amides is 1. The molecule has 5 nitrogen and oxygen atoms in total. The Morgan fingerprint density at radius 2 is 2.15 bits per heavy atom. The van der Waals surface area contributed by atoms with Crippen molar-refractivity contribution in [3.63, 3.8) is 0 Å². The number of aromatic nitrogens is 1. The van der Waals surface area contributed by atoms with Crippen LogP contribution in [0.3, 0.4) is 0 Å². The Bertz CT molecular complexity index is 431. The summed E-state index contributed by atoms with van der Waals surface area (Å²) >= 11 is 0. The van der Waals surface area contributed by atoms with Gasteiger partial charge in [-0.15, -0.1) is 0 Å². The fourth-order valence-corrected chi connectivity index (χ4v) is 2.00. The van der Waals surface area contributed by atoms with E-state index >= 15 is 0 Å². The zero-order valence-corrected chi connectivity index (χ0v) is 12.9. The monoisotopic (exact) mass is 280 g/mol. The maximum absolute atomic E-state index is 12.3. The number of hydrogen-bond acceptors (Lipinski definition) is 4. The molecular formula is C15H24N2O3. The molecule has 0 bridgehead atoms. The van der Waals surface area contributed by atoms with Crippen molar-refractivity contribution < 1.29 is 14.3 Å². The van der Waals surface area contributed by atoms with Crippen LogP contribution in [0.5, 0.6) is 5.88 Å². The lowest BCUT2D eigenvalue weighted by atomic mass is 9.93. The summed E-state index contributed by atoms with van der Waals surface area (Å²) < 4.78 is 10.6. The van der Waals surface area contributed by atoms with Crippen molar-refractivity contribution in [3.05, 3.63) is 18.3 Å². The third-order valence-corrected chi connectivity index (χ3v) is 3.02. The van der Waals surface area contributed by atoms with Crippen LogP contribution in [0, 0.1) is 5.92 Å². The summed E-state index contributed by atoms with van der Waals surface area (Å²) in [5.74, 6) is 0.742. The van der Waals surface area contributed by atoms with E-state index in [2.05, 4.69) is 24.1 Å². The highest BCUT2D eigenvalue weighted by molar-refractivity contribution is 5.96. The number of hydrogen-bond donors (Lipinski definition) is 1. The van der Waals surface area contributed by atoms with Gasteiger partial charge in [0.05, 0.1) is 18.5 Å². The molecule has 5 heteroatoms. The molecule has 1 aromatic heterocycles. The number of rotatable bonds is 7. The number of ether oxygens (including phenoxy) is 2. The predicted molar refractivity (Wildman–Crippen MR) is 78.9 cm³/mol. The summed E-state index contributed by atoms with van der Waals surface area (Å²) in [5.41, 5.74) is -0.210. The third-order valence-electron chi connectivity index (χ3n) is 3.02. The van der Waals surface area contributed by atoms with Gasteiger partial charge < -0.3 is 14.8 Å². The number of methoxy groups -OCH3 is 1. The van der Waals surface area contributed by atoms with Gasteiger partial charge in [-0.2, -0.15) is 0 Å². The van der Waals surface area contributed by atoms with Crippen LogP contribution in [-0.4, -0.2) is 30.2 Å². The average molecular weight is 280 g/mol. The van der Waals surface area contributed by atoms with Crippen molar-refractivity contribution in [1.29, 1.82) is 0 Å². The van der Waals surface area contributed by atoms with E-state index in [0.29, 0.717) is 30.5 Å². The van der Waals surface area contributed by atoms with Gasteiger partial charge in [-0.1, -0.05) is 13.8 Å².